The molecule has 7 heteroatoms. The molecule has 0 bridgehead atoms. The summed E-state index contributed by atoms with van der Waals surface area (Å²) in [5.41, 5.74) is -0.994. The number of carbonyl (C=O) groups excluding carboxylic acids is 1. The number of nitrogens with one attached hydrogen (secondary N) is 3. The minimum atomic E-state index is -0.506. The quantitative estimate of drug-likeness (QED) is 0.494. The summed E-state index contributed by atoms with van der Waals surface area (Å²) >= 11 is 0. The molecular weight excluding hydrogens is 330 g/mol. The van der Waals surface area contributed by atoms with Crippen LogP contribution < -0.4 is 16.0 Å². The van der Waals surface area contributed by atoms with E-state index in [0.29, 0.717) is 12.5 Å². The number of likely N-dealkylation sites (tertiary alicyclic amines) is 1. The van der Waals surface area contributed by atoms with Crippen LogP contribution in [-0.2, 0) is 4.74 Å². The Bertz CT molecular complexity index is 463. The Morgan fingerprint density at radius 3 is 2.31 bits per heavy atom. The van der Waals surface area contributed by atoms with E-state index in [1.54, 1.807) is 0 Å². The van der Waals surface area contributed by atoms with Crippen molar-refractivity contribution >= 4 is 12.1 Å². The van der Waals surface area contributed by atoms with Crippen LogP contribution in [0.3, 0.4) is 0 Å². The van der Waals surface area contributed by atoms with Gasteiger partial charge < -0.3 is 25.6 Å². The molecule has 0 aliphatic carbocycles. The third kappa shape index (κ3) is 9.85. The minimum Gasteiger partial charge on any atom is -0.444 e. The first kappa shape index (κ1) is 22.5. The number of carbonyl (C=O) groups is 1. The largest absolute Gasteiger partial charge is 0.444 e. The van der Waals surface area contributed by atoms with Crippen LogP contribution >= 0.6 is 0 Å². The van der Waals surface area contributed by atoms with Gasteiger partial charge >= 0.3 is 6.09 Å². The van der Waals surface area contributed by atoms with Gasteiger partial charge in [-0.05, 0) is 80.4 Å². The third-order valence-electron chi connectivity index (χ3n) is 4.21. The second kappa shape index (κ2) is 10.00. The fraction of sp³-hybridized carbons (Fsp3) is 0.895. The van der Waals surface area contributed by atoms with Crippen molar-refractivity contribution in [2.75, 3.05) is 39.8 Å². The van der Waals surface area contributed by atoms with Crippen LogP contribution in [0.25, 0.3) is 0 Å². The molecule has 1 saturated heterocycles. The van der Waals surface area contributed by atoms with Crippen LogP contribution in [0.15, 0.2) is 4.99 Å². The molecule has 0 spiro atoms. The van der Waals surface area contributed by atoms with E-state index in [1.165, 1.54) is 12.8 Å². The number of amides is 1. The van der Waals surface area contributed by atoms with Crippen LogP contribution in [0.1, 0.15) is 54.4 Å². The molecule has 3 N–H and O–H groups in total. The van der Waals surface area contributed by atoms with E-state index in [-0.39, 0.29) is 0 Å². The van der Waals surface area contributed by atoms with Crippen LogP contribution in [-0.4, -0.2) is 67.9 Å². The van der Waals surface area contributed by atoms with E-state index >= 15 is 0 Å². The first-order valence-electron chi connectivity index (χ1n) is 9.72. The van der Waals surface area contributed by atoms with Gasteiger partial charge in [-0.25, -0.2) is 4.79 Å². The van der Waals surface area contributed by atoms with Gasteiger partial charge in [-0.1, -0.05) is 0 Å². The van der Waals surface area contributed by atoms with Crippen LogP contribution in [0.4, 0.5) is 4.79 Å². The van der Waals surface area contributed by atoms with Crippen molar-refractivity contribution in [2.45, 2.75) is 65.5 Å². The summed E-state index contributed by atoms with van der Waals surface area (Å²) in [5, 5.41) is 9.62. The second-order valence-electron chi connectivity index (χ2n) is 8.83. The van der Waals surface area contributed by atoms with Gasteiger partial charge in [0, 0.05) is 13.1 Å². The second-order valence-corrected chi connectivity index (χ2v) is 8.83. The van der Waals surface area contributed by atoms with E-state index in [1.807, 2.05) is 34.6 Å². The van der Waals surface area contributed by atoms with E-state index in [2.05, 4.69) is 39.8 Å². The number of guanidine groups is 1. The van der Waals surface area contributed by atoms with E-state index in [4.69, 9.17) is 4.74 Å². The highest BCUT2D eigenvalue weighted by Crippen LogP contribution is 2.14. The van der Waals surface area contributed by atoms with Crippen molar-refractivity contribution in [3.05, 3.63) is 0 Å². The number of nitrogens with zero attached hydrogens (tertiary/aromatic N) is 2. The molecule has 0 aromatic carbocycles. The predicted molar refractivity (Wildman–Crippen MR) is 108 cm³/mol. The van der Waals surface area contributed by atoms with Crippen LogP contribution in [0, 0.1) is 5.92 Å². The number of alkyl carbamates (subject to hydrolysis) is 1. The number of hydrogen-bond donors (Lipinski definition) is 3. The lowest BCUT2D eigenvalue weighted by molar-refractivity contribution is 0.0476. The van der Waals surface area contributed by atoms with Gasteiger partial charge in [0.05, 0.1) is 12.1 Å². The zero-order valence-corrected chi connectivity index (χ0v) is 17.7. The van der Waals surface area contributed by atoms with E-state index in [9.17, 15) is 4.79 Å². The first-order valence-corrected chi connectivity index (χ1v) is 9.72. The van der Waals surface area contributed by atoms with Crippen molar-refractivity contribution in [2.24, 2.45) is 10.9 Å². The Kier molecular flexibility index (Phi) is 8.67. The molecule has 0 aromatic heterocycles. The molecule has 1 aliphatic rings. The molecule has 0 unspecified atom stereocenters. The summed E-state index contributed by atoms with van der Waals surface area (Å²) in [6.45, 7) is 16.0. The molecular formula is C19H39N5O2. The van der Waals surface area contributed by atoms with Gasteiger partial charge in [-0.3, -0.25) is 4.99 Å². The van der Waals surface area contributed by atoms with Gasteiger partial charge in [-0.15, -0.1) is 0 Å². The molecule has 1 amide bonds. The Balaban J connectivity index is 2.51. The molecule has 0 aromatic rings. The number of rotatable bonds is 6. The van der Waals surface area contributed by atoms with Crippen molar-refractivity contribution in [1.82, 2.24) is 20.9 Å². The minimum absolute atomic E-state index is 0.415. The maximum atomic E-state index is 12.0. The number of aliphatic imine (C=N–C) groups is 1. The zero-order chi connectivity index (χ0) is 19.8. The molecule has 0 saturated carbocycles. The number of ether oxygens (including phenoxy) is 1. The monoisotopic (exact) mass is 369 g/mol. The summed E-state index contributed by atoms with van der Waals surface area (Å²) in [6.07, 6.45) is 2.02. The molecule has 0 radical (unpaired) electrons. The van der Waals surface area contributed by atoms with E-state index in [0.717, 1.165) is 32.1 Å². The normalized spacial score (nSPS) is 17.7. The molecule has 1 rings (SSSR count). The van der Waals surface area contributed by atoms with Gasteiger partial charge in [-0.2, -0.15) is 0 Å². The standard InChI is InChI=1S/C19H39N5O2/c1-8-20-16(21-13-15-9-11-24(7)12-10-15)22-14-19(5,6)23-17(25)26-18(2,3)4/h15H,8-14H2,1-7H3,(H,23,25)(H2,20,21,22). The SMILES string of the molecule is CCNC(=NCC(C)(C)NC(=O)OC(C)(C)C)NCC1CCN(C)CC1. The van der Waals surface area contributed by atoms with Crippen LogP contribution in [0.2, 0.25) is 0 Å². The number of hydrogen-bond acceptors (Lipinski definition) is 4. The lowest BCUT2D eigenvalue weighted by Gasteiger charge is -2.30. The predicted octanol–water partition coefficient (Wildman–Crippen LogP) is 2.19. The molecule has 1 fully saturated rings. The Hall–Kier alpha value is -1.50. The zero-order valence-electron chi connectivity index (χ0n) is 17.7. The Morgan fingerprint density at radius 1 is 1.15 bits per heavy atom. The summed E-state index contributed by atoms with van der Waals surface area (Å²) in [7, 11) is 2.18. The highest BCUT2D eigenvalue weighted by atomic mass is 16.6. The van der Waals surface area contributed by atoms with Gasteiger partial charge in [0.1, 0.15) is 5.60 Å². The Labute approximate surface area is 159 Å². The average Bonchev–Trinajstić information content (AvgIpc) is 2.49. The maximum absolute atomic E-state index is 12.0. The highest BCUT2D eigenvalue weighted by Gasteiger charge is 2.24. The molecule has 26 heavy (non-hydrogen) atoms. The van der Waals surface area contributed by atoms with Crippen molar-refractivity contribution in [3.63, 3.8) is 0 Å². The van der Waals surface area contributed by atoms with Crippen molar-refractivity contribution < 1.29 is 9.53 Å². The molecule has 0 atom stereocenters. The topological polar surface area (TPSA) is 78.0 Å². The summed E-state index contributed by atoms with van der Waals surface area (Å²) in [6, 6.07) is 0. The van der Waals surface area contributed by atoms with Gasteiger partial charge in [0.25, 0.3) is 0 Å². The molecule has 7 nitrogen and oxygen atoms in total. The fourth-order valence-corrected chi connectivity index (χ4v) is 2.75. The summed E-state index contributed by atoms with van der Waals surface area (Å²) < 4.78 is 5.33. The lowest BCUT2D eigenvalue weighted by Crippen LogP contribution is -2.49. The highest BCUT2D eigenvalue weighted by molar-refractivity contribution is 5.79. The third-order valence-corrected chi connectivity index (χ3v) is 4.21. The average molecular weight is 370 g/mol. The van der Waals surface area contributed by atoms with Gasteiger partial charge in [0.2, 0.25) is 0 Å². The van der Waals surface area contributed by atoms with Crippen molar-refractivity contribution in [1.29, 1.82) is 0 Å². The van der Waals surface area contributed by atoms with E-state index < -0.39 is 17.2 Å². The lowest BCUT2D eigenvalue weighted by atomic mass is 9.97. The summed E-state index contributed by atoms with van der Waals surface area (Å²) in [5.74, 6) is 1.48. The molecule has 152 valence electrons. The van der Waals surface area contributed by atoms with Crippen molar-refractivity contribution in [3.8, 4) is 0 Å². The Morgan fingerprint density at radius 2 is 1.77 bits per heavy atom. The first-order chi connectivity index (χ1) is 12.0. The number of piperidine rings is 1. The molecule has 1 heterocycles. The summed E-state index contributed by atoms with van der Waals surface area (Å²) in [4.78, 5) is 19.0. The fourth-order valence-electron chi connectivity index (χ4n) is 2.75. The maximum Gasteiger partial charge on any atom is 0.408 e. The smallest absolute Gasteiger partial charge is 0.408 e. The molecule has 1 aliphatic heterocycles. The van der Waals surface area contributed by atoms with Crippen LogP contribution in [0.5, 0.6) is 0 Å². The van der Waals surface area contributed by atoms with Gasteiger partial charge in [0.15, 0.2) is 5.96 Å².